The van der Waals surface area contributed by atoms with E-state index in [9.17, 15) is 20.1 Å². The molecule has 0 aromatic carbocycles. The number of aliphatic hydroxyl groups excluding tert-OH is 3. The standard InChI is InChI=1S/C45H85NO4/c1-3-5-7-9-11-13-15-17-19-21-22-23-24-26-28-30-32-34-36-38-40-44(49)45(50)46-42(41-47)43(48)39-37-35-33-31-29-27-25-20-18-16-14-12-10-8-6-4-2/h23-24,29,31,37,39,42-44,47-49H,3-22,25-28,30,32-36,38,40-41H2,1-2H3,(H,46,50)/b24-23-,31-29+,39-37+. The molecule has 294 valence electrons. The van der Waals surface area contributed by atoms with Gasteiger partial charge in [0.2, 0.25) is 5.91 Å². The Morgan fingerprint density at radius 1 is 0.480 bits per heavy atom. The maximum atomic E-state index is 12.4. The van der Waals surface area contributed by atoms with Gasteiger partial charge in [0.05, 0.1) is 18.8 Å². The van der Waals surface area contributed by atoms with Crippen molar-refractivity contribution < 1.29 is 20.1 Å². The minimum Gasteiger partial charge on any atom is -0.394 e. The third kappa shape index (κ3) is 35.0. The first-order chi connectivity index (χ1) is 24.6. The van der Waals surface area contributed by atoms with Crippen molar-refractivity contribution in [2.24, 2.45) is 0 Å². The summed E-state index contributed by atoms with van der Waals surface area (Å²) in [6, 6.07) is -0.816. The fourth-order valence-electron chi connectivity index (χ4n) is 6.49. The highest BCUT2D eigenvalue weighted by molar-refractivity contribution is 5.80. The predicted octanol–water partition coefficient (Wildman–Crippen LogP) is 12.4. The number of carbonyl (C=O) groups is 1. The van der Waals surface area contributed by atoms with Gasteiger partial charge < -0.3 is 20.6 Å². The predicted molar refractivity (Wildman–Crippen MR) is 218 cm³/mol. The summed E-state index contributed by atoms with van der Waals surface area (Å²) in [6.07, 6.45) is 50.3. The second-order valence-electron chi connectivity index (χ2n) is 14.9. The molecule has 0 saturated heterocycles. The monoisotopic (exact) mass is 704 g/mol. The minimum absolute atomic E-state index is 0.378. The normalized spacial score (nSPS) is 13.9. The molecule has 50 heavy (non-hydrogen) atoms. The molecule has 0 aliphatic heterocycles. The van der Waals surface area contributed by atoms with Crippen molar-refractivity contribution >= 4 is 5.91 Å². The van der Waals surface area contributed by atoms with Crippen LogP contribution >= 0.6 is 0 Å². The second kappa shape index (κ2) is 40.3. The van der Waals surface area contributed by atoms with Crippen LogP contribution in [0, 0.1) is 0 Å². The fourth-order valence-corrected chi connectivity index (χ4v) is 6.49. The Balaban J connectivity index is 3.72. The molecule has 0 aromatic rings. The van der Waals surface area contributed by atoms with Crippen molar-refractivity contribution in [3.63, 3.8) is 0 Å². The highest BCUT2D eigenvalue weighted by Crippen LogP contribution is 2.14. The smallest absolute Gasteiger partial charge is 0.249 e. The molecule has 0 aliphatic rings. The van der Waals surface area contributed by atoms with Crippen molar-refractivity contribution in [3.05, 3.63) is 36.5 Å². The molecule has 4 N–H and O–H groups in total. The molecule has 3 unspecified atom stereocenters. The first kappa shape index (κ1) is 48.6. The van der Waals surface area contributed by atoms with Crippen molar-refractivity contribution in [2.45, 2.75) is 238 Å². The lowest BCUT2D eigenvalue weighted by atomic mass is 10.0. The largest absolute Gasteiger partial charge is 0.394 e. The summed E-state index contributed by atoms with van der Waals surface area (Å²) < 4.78 is 0. The van der Waals surface area contributed by atoms with Gasteiger partial charge >= 0.3 is 0 Å². The number of amides is 1. The molecular formula is C45H85NO4. The lowest BCUT2D eigenvalue weighted by molar-refractivity contribution is -0.131. The first-order valence-electron chi connectivity index (χ1n) is 21.8. The van der Waals surface area contributed by atoms with Gasteiger partial charge in [-0.15, -0.1) is 0 Å². The van der Waals surface area contributed by atoms with Gasteiger partial charge in [0.1, 0.15) is 6.10 Å². The molecule has 0 spiro atoms. The van der Waals surface area contributed by atoms with Gasteiger partial charge in [-0.2, -0.15) is 0 Å². The van der Waals surface area contributed by atoms with Crippen LogP contribution in [0.15, 0.2) is 36.5 Å². The lowest BCUT2D eigenvalue weighted by Gasteiger charge is -2.21. The first-order valence-corrected chi connectivity index (χ1v) is 21.8. The summed E-state index contributed by atoms with van der Waals surface area (Å²) in [5.74, 6) is -0.518. The third-order valence-corrected chi connectivity index (χ3v) is 9.95. The molecule has 0 fully saturated rings. The van der Waals surface area contributed by atoms with Gasteiger partial charge in [0.25, 0.3) is 0 Å². The van der Waals surface area contributed by atoms with Crippen LogP contribution in [0.4, 0.5) is 0 Å². The summed E-state index contributed by atoms with van der Waals surface area (Å²) in [4.78, 5) is 12.4. The van der Waals surface area contributed by atoms with E-state index in [0.717, 1.165) is 38.5 Å². The topological polar surface area (TPSA) is 89.8 Å². The molecule has 0 saturated carbocycles. The van der Waals surface area contributed by atoms with Crippen LogP contribution in [0.1, 0.15) is 219 Å². The quantitative estimate of drug-likeness (QED) is 0.0379. The number of nitrogens with one attached hydrogen (secondary N) is 1. The number of hydrogen-bond donors (Lipinski definition) is 4. The second-order valence-corrected chi connectivity index (χ2v) is 14.9. The van der Waals surface area contributed by atoms with Crippen LogP contribution in [0.2, 0.25) is 0 Å². The van der Waals surface area contributed by atoms with Crippen LogP contribution in [0.3, 0.4) is 0 Å². The summed E-state index contributed by atoms with van der Waals surface area (Å²) in [6.45, 7) is 4.17. The van der Waals surface area contributed by atoms with Crippen molar-refractivity contribution in [3.8, 4) is 0 Å². The van der Waals surface area contributed by atoms with Crippen molar-refractivity contribution in [1.82, 2.24) is 5.32 Å². The van der Waals surface area contributed by atoms with E-state index in [2.05, 4.69) is 43.5 Å². The van der Waals surface area contributed by atoms with E-state index in [1.807, 2.05) is 6.08 Å². The Morgan fingerprint density at radius 3 is 1.22 bits per heavy atom. The van der Waals surface area contributed by atoms with Crippen LogP contribution in [-0.4, -0.2) is 46.1 Å². The zero-order valence-electron chi connectivity index (χ0n) is 33.3. The highest BCUT2D eigenvalue weighted by atomic mass is 16.3. The number of carbonyl (C=O) groups excluding carboxylic acids is 1. The van der Waals surface area contributed by atoms with Crippen LogP contribution in [0.25, 0.3) is 0 Å². The van der Waals surface area contributed by atoms with E-state index in [1.165, 1.54) is 161 Å². The van der Waals surface area contributed by atoms with Gasteiger partial charge in [-0.25, -0.2) is 0 Å². The molecule has 1 amide bonds. The van der Waals surface area contributed by atoms with E-state index < -0.39 is 24.2 Å². The maximum absolute atomic E-state index is 12.4. The molecule has 0 bridgehead atoms. The fraction of sp³-hybridized carbons (Fsp3) is 0.844. The average Bonchev–Trinajstić information content (AvgIpc) is 3.12. The van der Waals surface area contributed by atoms with E-state index >= 15 is 0 Å². The van der Waals surface area contributed by atoms with Crippen LogP contribution in [0.5, 0.6) is 0 Å². The number of hydrogen-bond acceptors (Lipinski definition) is 4. The Morgan fingerprint density at radius 2 is 0.820 bits per heavy atom. The van der Waals surface area contributed by atoms with Crippen molar-refractivity contribution in [1.29, 1.82) is 0 Å². The molecule has 0 heterocycles. The number of unbranched alkanes of at least 4 members (excludes halogenated alkanes) is 27. The third-order valence-electron chi connectivity index (χ3n) is 9.95. The number of aliphatic hydroxyl groups is 3. The minimum atomic E-state index is -1.11. The molecule has 5 heteroatoms. The van der Waals surface area contributed by atoms with E-state index in [4.69, 9.17) is 0 Å². The summed E-state index contributed by atoms with van der Waals surface area (Å²) in [5.41, 5.74) is 0. The van der Waals surface area contributed by atoms with E-state index in [1.54, 1.807) is 6.08 Å². The average molecular weight is 704 g/mol. The molecule has 3 atom stereocenters. The van der Waals surface area contributed by atoms with Gasteiger partial charge in [-0.1, -0.05) is 198 Å². The summed E-state index contributed by atoms with van der Waals surface area (Å²) in [5, 5.41) is 33.1. The molecule has 5 nitrogen and oxygen atoms in total. The molecular weight excluding hydrogens is 618 g/mol. The van der Waals surface area contributed by atoms with Crippen LogP contribution < -0.4 is 5.32 Å². The Kier molecular flexibility index (Phi) is 39.2. The summed E-state index contributed by atoms with van der Waals surface area (Å²) in [7, 11) is 0. The zero-order valence-corrected chi connectivity index (χ0v) is 33.3. The van der Waals surface area contributed by atoms with E-state index in [-0.39, 0.29) is 6.61 Å². The van der Waals surface area contributed by atoms with E-state index in [0.29, 0.717) is 6.42 Å². The van der Waals surface area contributed by atoms with Gasteiger partial charge in [-0.3, -0.25) is 4.79 Å². The number of allylic oxidation sites excluding steroid dienone is 5. The molecule has 0 rings (SSSR count). The SMILES string of the molecule is CCCCCCCCCCCC/C=C\CCCCCCCCC(O)C(=O)NC(CO)C(O)/C=C/CC/C=C/CCCCCCCCCCCC. The summed E-state index contributed by atoms with van der Waals surface area (Å²) >= 11 is 0. The number of rotatable bonds is 39. The van der Waals surface area contributed by atoms with Crippen molar-refractivity contribution in [2.75, 3.05) is 6.61 Å². The lowest BCUT2D eigenvalue weighted by Crippen LogP contribution is -2.48. The van der Waals surface area contributed by atoms with Gasteiger partial charge in [0, 0.05) is 0 Å². The van der Waals surface area contributed by atoms with Gasteiger partial charge in [-0.05, 0) is 57.8 Å². The Labute approximate surface area is 311 Å². The Bertz CT molecular complexity index is 779. The molecule has 0 radical (unpaired) electrons. The Hall–Kier alpha value is -1.43. The van der Waals surface area contributed by atoms with Crippen LogP contribution in [-0.2, 0) is 4.79 Å². The highest BCUT2D eigenvalue weighted by Gasteiger charge is 2.22. The molecule has 0 aromatic heterocycles. The zero-order chi connectivity index (χ0) is 36.6. The maximum Gasteiger partial charge on any atom is 0.249 e. The van der Waals surface area contributed by atoms with Gasteiger partial charge in [0.15, 0.2) is 0 Å². The molecule has 0 aliphatic carbocycles.